The molecule has 1 N–H and O–H groups in total. The summed E-state index contributed by atoms with van der Waals surface area (Å²) in [6.07, 6.45) is 2.56. The second-order valence-corrected chi connectivity index (χ2v) is 5.55. The topological polar surface area (TPSA) is 34.1 Å². The Morgan fingerprint density at radius 2 is 2.15 bits per heavy atom. The number of ether oxygens (including phenoxy) is 1. The number of hydrogen-bond acceptors (Lipinski definition) is 3. The molecule has 5 heteroatoms. The van der Waals surface area contributed by atoms with Crippen LogP contribution in [-0.4, -0.2) is 18.6 Å². The Bertz CT molecular complexity index is 646. The molecule has 1 unspecified atom stereocenters. The number of nitrogens with zero attached hydrogens (tertiary/aromatic N) is 1. The van der Waals surface area contributed by atoms with Gasteiger partial charge in [0, 0.05) is 12.6 Å². The van der Waals surface area contributed by atoms with E-state index >= 15 is 0 Å². The first kappa shape index (κ1) is 13.7. The molecule has 104 valence electrons. The zero-order chi connectivity index (χ0) is 14.1. The molecule has 0 saturated heterocycles. The van der Waals surface area contributed by atoms with Crippen LogP contribution in [0.2, 0.25) is 10.0 Å². The van der Waals surface area contributed by atoms with Crippen LogP contribution in [0.5, 0.6) is 5.75 Å². The molecule has 1 aromatic carbocycles. The fourth-order valence-electron chi connectivity index (χ4n) is 2.48. The number of rotatable bonds is 3. The minimum Gasteiger partial charge on any atom is -0.493 e. The summed E-state index contributed by atoms with van der Waals surface area (Å²) in [7, 11) is 1.89. The Hall–Kier alpha value is -1.29. The Morgan fingerprint density at radius 1 is 1.30 bits per heavy atom. The maximum absolute atomic E-state index is 6.26. The van der Waals surface area contributed by atoms with Crippen LogP contribution >= 0.6 is 23.2 Å². The monoisotopic (exact) mass is 308 g/mol. The average molecular weight is 309 g/mol. The van der Waals surface area contributed by atoms with E-state index in [-0.39, 0.29) is 6.04 Å². The zero-order valence-corrected chi connectivity index (χ0v) is 12.5. The van der Waals surface area contributed by atoms with Crippen LogP contribution in [0.4, 0.5) is 0 Å². The third-order valence-electron chi connectivity index (χ3n) is 3.45. The standard InChI is InChI=1S/C15H14Cl2N2O/c1-18-14(15-12(17)7-11(16)8-19-15)10-2-3-13-9(6-10)4-5-20-13/h2-3,6-8,14,18H,4-5H2,1H3. The van der Waals surface area contributed by atoms with Gasteiger partial charge in [0.15, 0.2) is 0 Å². The van der Waals surface area contributed by atoms with Gasteiger partial charge >= 0.3 is 0 Å². The summed E-state index contributed by atoms with van der Waals surface area (Å²) in [4.78, 5) is 4.36. The highest BCUT2D eigenvalue weighted by atomic mass is 35.5. The van der Waals surface area contributed by atoms with Crippen molar-refractivity contribution in [3.05, 3.63) is 57.3 Å². The van der Waals surface area contributed by atoms with Gasteiger partial charge in [-0.2, -0.15) is 0 Å². The Kier molecular flexibility index (Phi) is 3.83. The SMILES string of the molecule is CNC(c1ccc2c(c1)CCO2)c1ncc(Cl)cc1Cl. The molecule has 0 saturated carbocycles. The molecule has 0 radical (unpaired) electrons. The van der Waals surface area contributed by atoms with Gasteiger partial charge in [-0.1, -0.05) is 35.3 Å². The fraction of sp³-hybridized carbons (Fsp3) is 0.267. The summed E-state index contributed by atoms with van der Waals surface area (Å²) in [6.45, 7) is 0.753. The molecule has 1 aliphatic heterocycles. The minimum atomic E-state index is -0.0642. The van der Waals surface area contributed by atoms with E-state index in [4.69, 9.17) is 27.9 Å². The van der Waals surface area contributed by atoms with Crippen LogP contribution in [0.15, 0.2) is 30.5 Å². The maximum Gasteiger partial charge on any atom is 0.122 e. The molecule has 2 aromatic rings. The largest absolute Gasteiger partial charge is 0.493 e. The van der Waals surface area contributed by atoms with Crippen molar-refractivity contribution in [3.8, 4) is 5.75 Å². The Labute approximate surface area is 127 Å². The van der Waals surface area contributed by atoms with Crippen molar-refractivity contribution < 1.29 is 4.74 Å². The lowest BCUT2D eigenvalue weighted by Crippen LogP contribution is -2.19. The molecule has 20 heavy (non-hydrogen) atoms. The van der Waals surface area contributed by atoms with E-state index in [2.05, 4.69) is 16.4 Å². The molecule has 0 spiro atoms. The van der Waals surface area contributed by atoms with Gasteiger partial charge in [-0.05, 0) is 30.3 Å². The smallest absolute Gasteiger partial charge is 0.122 e. The maximum atomic E-state index is 6.26. The van der Waals surface area contributed by atoms with Crippen molar-refractivity contribution in [3.63, 3.8) is 0 Å². The summed E-state index contributed by atoms with van der Waals surface area (Å²) >= 11 is 12.2. The van der Waals surface area contributed by atoms with E-state index in [1.165, 1.54) is 5.56 Å². The first-order valence-electron chi connectivity index (χ1n) is 6.43. The van der Waals surface area contributed by atoms with Crippen LogP contribution in [0.25, 0.3) is 0 Å². The quantitative estimate of drug-likeness (QED) is 0.940. The van der Waals surface area contributed by atoms with Gasteiger partial charge in [0.1, 0.15) is 5.75 Å². The van der Waals surface area contributed by atoms with E-state index < -0.39 is 0 Å². The second kappa shape index (κ2) is 5.60. The molecular formula is C15H14Cl2N2O. The highest BCUT2D eigenvalue weighted by Gasteiger charge is 2.20. The van der Waals surface area contributed by atoms with Crippen LogP contribution < -0.4 is 10.1 Å². The number of pyridine rings is 1. The average Bonchev–Trinajstić information content (AvgIpc) is 2.89. The van der Waals surface area contributed by atoms with Gasteiger partial charge in [0.2, 0.25) is 0 Å². The lowest BCUT2D eigenvalue weighted by atomic mass is 10.00. The number of aromatic nitrogens is 1. The Balaban J connectivity index is 2.01. The van der Waals surface area contributed by atoms with Gasteiger partial charge < -0.3 is 10.1 Å². The summed E-state index contributed by atoms with van der Waals surface area (Å²) < 4.78 is 5.53. The number of hydrogen-bond donors (Lipinski definition) is 1. The van der Waals surface area contributed by atoms with Crippen molar-refractivity contribution >= 4 is 23.2 Å². The Morgan fingerprint density at radius 3 is 2.90 bits per heavy atom. The van der Waals surface area contributed by atoms with Gasteiger partial charge in [0.05, 0.1) is 28.4 Å². The van der Waals surface area contributed by atoms with E-state index in [1.807, 2.05) is 19.2 Å². The molecule has 1 aliphatic rings. The minimum absolute atomic E-state index is 0.0642. The van der Waals surface area contributed by atoms with Crippen LogP contribution in [0.3, 0.4) is 0 Å². The molecule has 2 heterocycles. The third kappa shape index (κ3) is 2.49. The lowest BCUT2D eigenvalue weighted by molar-refractivity contribution is 0.357. The van der Waals surface area contributed by atoms with Gasteiger partial charge in [-0.3, -0.25) is 4.98 Å². The molecule has 1 aromatic heterocycles. The second-order valence-electron chi connectivity index (χ2n) is 4.71. The van der Waals surface area contributed by atoms with E-state index in [0.717, 1.165) is 30.0 Å². The summed E-state index contributed by atoms with van der Waals surface area (Å²) in [5, 5.41) is 4.36. The number of fused-ring (bicyclic) bond motifs is 1. The highest BCUT2D eigenvalue weighted by Crippen LogP contribution is 2.32. The van der Waals surface area contributed by atoms with Gasteiger partial charge in [-0.15, -0.1) is 0 Å². The molecule has 0 fully saturated rings. The van der Waals surface area contributed by atoms with Crippen LogP contribution in [0, 0.1) is 0 Å². The molecule has 3 rings (SSSR count). The van der Waals surface area contributed by atoms with Crippen molar-refractivity contribution in [2.45, 2.75) is 12.5 Å². The predicted molar refractivity (Wildman–Crippen MR) is 80.8 cm³/mol. The molecule has 0 aliphatic carbocycles. The molecule has 0 bridgehead atoms. The van der Waals surface area contributed by atoms with E-state index in [0.29, 0.717) is 10.0 Å². The van der Waals surface area contributed by atoms with Crippen molar-refractivity contribution in [1.82, 2.24) is 10.3 Å². The summed E-state index contributed by atoms with van der Waals surface area (Å²) in [6, 6.07) is 7.84. The third-order valence-corrected chi connectivity index (χ3v) is 3.95. The molecular weight excluding hydrogens is 295 g/mol. The fourth-order valence-corrected chi connectivity index (χ4v) is 2.97. The number of benzene rings is 1. The van der Waals surface area contributed by atoms with Crippen molar-refractivity contribution in [2.24, 2.45) is 0 Å². The highest BCUT2D eigenvalue weighted by molar-refractivity contribution is 6.34. The van der Waals surface area contributed by atoms with Crippen molar-refractivity contribution in [1.29, 1.82) is 0 Å². The number of halogens is 2. The predicted octanol–water partition coefficient (Wildman–Crippen LogP) is 3.63. The van der Waals surface area contributed by atoms with E-state index in [9.17, 15) is 0 Å². The molecule has 3 nitrogen and oxygen atoms in total. The first-order valence-corrected chi connectivity index (χ1v) is 7.18. The first-order chi connectivity index (χ1) is 9.69. The van der Waals surface area contributed by atoms with Gasteiger partial charge in [0.25, 0.3) is 0 Å². The molecule has 0 amide bonds. The van der Waals surface area contributed by atoms with Gasteiger partial charge in [-0.25, -0.2) is 0 Å². The van der Waals surface area contributed by atoms with Crippen molar-refractivity contribution in [2.75, 3.05) is 13.7 Å². The van der Waals surface area contributed by atoms with E-state index in [1.54, 1.807) is 12.3 Å². The van der Waals surface area contributed by atoms with Crippen LogP contribution in [0.1, 0.15) is 22.9 Å². The lowest BCUT2D eigenvalue weighted by Gasteiger charge is -2.18. The zero-order valence-electron chi connectivity index (χ0n) is 11.0. The van der Waals surface area contributed by atoms with Crippen LogP contribution in [-0.2, 0) is 6.42 Å². The summed E-state index contributed by atoms with van der Waals surface area (Å²) in [5.41, 5.74) is 3.12. The summed E-state index contributed by atoms with van der Waals surface area (Å²) in [5.74, 6) is 0.971. The normalized spacial score (nSPS) is 14.8. The number of nitrogens with one attached hydrogen (secondary N) is 1. The molecule has 1 atom stereocenters.